The summed E-state index contributed by atoms with van der Waals surface area (Å²) in [4.78, 5) is 11.4. The summed E-state index contributed by atoms with van der Waals surface area (Å²) < 4.78 is 0. The fraction of sp³-hybridized carbons (Fsp3) is 0.917. The van der Waals surface area contributed by atoms with Gasteiger partial charge in [-0.15, -0.1) is 0 Å². The first-order chi connectivity index (χ1) is 7.06. The molecule has 1 atom stereocenters. The molecule has 0 aliphatic carbocycles. The van der Waals surface area contributed by atoms with Crippen LogP contribution in [-0.2, 0) is 4.79 Å². The molecular formula is C12H24O3. The van der Waals surface area contributed by atoms with Crippen LogP contribution in [0, 0.1) is 5.92 Å². The van der Waals surface area contributed by atoms with E-state index in [0.29, 0.717) is 18.8 Å². The van der Waals surface area contributed by atoms with Crippen LogP contribution in [0.2, 0.25) is 0 Å². The average molecular weight is 216 g/mol. The number of carbonyl (C=O) groups excluding carboxylic acids is 1. The highest BCUT2D eigenvalue weighted by molar-refractivity contribution is 5.78. The summed E-state index contributed by atoms with van der Waals surface area (Å²) in [6.07, 6.45) is 3.62. The smallest absolute Gasteiger partial charge is 0.135 e. The van der Waals surface area contributed by atoms with Gasteiger partial charge < -0.3 is 10.2 Å². The summed E-state index contributed by atoms with van der Waals surface area (Å²) in [7, 11) is 0. The molecule has 3 nitrogen and oxygen atoms in total. The molecule has 15 heavy (non-hydrogen) atoms. The molecule has 3 heteroatoms. The van der Waals surface area contributed by atoms with Gasteiger partial charge in [-0.2, -0.15) is 0 Å². The van der Waals surface area contributed by atoms with E-state index in [9.17, 15) is 9.90 Å². The monoisotopic (exact) mass is 216 g/mol. The normalized spacial score (nSPS) is 13.1. The van der Waals surface area contributed by atoms with Gasteiger partial charge in [0.25, 0.3) is 0 Å². The molecule has 0 rings (SSSR count). The van der Waals surface area contributed by atoms with Gasteiger partial charge in [0, 0.05) is 19.4 Å². The van der Waals surface area contributed by atoms with Crippen molar-refractivity contribution >= 4 is 5.78 Å². The van der Waals surface area contributed by atoms with Crippen LogP contribution in [0.5, 0.6) is 0 Å². The predicted octanol–water partition coefficient (Wildman–Crippen LogP) is 1.91. The lowest BCUT2D eigenvalue weighted by molar-refractivity contribution is -0.121. The first kappa shape index (κ1) is 14.6. The average Bonchev–Trinajstić information content (AvgIpc) is 2.10. The van der Waals surface area contributed by atoms with Crippen molar-refractivity contribution in [3.8, 4) is 0 Å². The molecule has 1 unspecified atom stereocenters. The minimum absolute atomic E-state index is 0.152. The van der Waals surface area contributed by atoms with Crippen LogP contribution < -0.4 is 0 Å². The van der Waals surface area contributed by atoms with Crippen molar-refractivity contribution in [2.75, 3.05) is 6.61 Å². The topological polar surface area (TPSA) is 57.5 Å². The van der Waals surface area contributed by atoms with Crippen molar-refractivity contribution in [3.63, 3.8) is 0 Å². The summed E-state index contributed by atoms with van der Waals surface area (Å²) >= 11 is 0. The van der Waals surface area contributed by atoms with E-state index >= 15 is 0 Å². The molecule has 0 aromatic rings. The number of Topliss-reactive ketones (excluding diaryl/α,β-unsaturated/α-hetero) is 1. The fourth-order valence-electron chi connectivity index (χ4n) is 1.57. The Morgan fingerprint density at radius 3 is 2.33 bits per heavy atom. The third-order valence-electron chi connectivity index (χ3n) is 2.29. The first-order valence-corrected chi connectivity index (χ1v) is 5.87. The van der Waals surface area contributed by atoms with Gasteiger partial charge in [0.15, 0.2) is 0 Å². The van der Waals surface area contributed by atoms with Crippen molar-refractivity contribution in [2.24, 2.45) is 5.92 Å². The number of ketones is 1. The number of aliphatic hydroxyl groups excluding tert-OH is 2. The standard InChI is InChI=1S/C12H24O3/c1-10(2)8-12(15)9-11(14)6-4-3-5-7-13/h10-11,13-14H,3-9H2,1-2H3. The fourth-order valence-corrected chi connectivity index (χ4v) is 1.57. The number of aliphatic hydroxyl groups is 2. The molecule has 0 aliphatic rings. The molecule has 0 saturated carbocycles. The molecule has 0 aromatic heterocycles. The molecule has 0 fully saturated rings. The van der Waals surface area contributed by atoms with Crippen LogP contribution in [0.25, 0.3) is 0 Å². The van der Waals surface area contributed by atoms with E-state index in [0.717, 1.165) is 19.3 Å². The van der Waals surface area contributed by atoms with E-state index in [2.05, 4.69) is 0 Å². The number of hydrogen-bond acceptors (Lipinski definition) is 3. The van der Waals surface area contributed by atoms with E-state index in [-0.39, 0.29) is 18.8 Å². The summed E-state index contributed by atoms with van der Waals surface area (Å²) in [5.74, 6) is 0.527. The van der Waals surface area contributed by atoms with Crippen LogP contribution in [0.4, 0.5) is 0 Å². The highest BCUT2D eigenvalue weighted by atomic mass is 16.3. The van der Waals surface area contributed by atoms with Crippen LogP contribution in [0.3, 0.4) is 0 Å². The van der Waals surface area contributed by atoms with Gasteiger partial charge in [-0.3, -0.25) is 4.79 Å². The van der Waals surface area contributed by atoms with E-state index in [1.54, 1.807) is 0 Å². The Hall–Kier alpha value is -0.410. The zero-order chi connectivity index (χ0) is 11.7. The van der Waals surface area contributed by atoms with Crippen molar-refractivity contribution < 1.29 is 15.0 Å². The number of rotatable bonds is 9. The minimum atomic E-state index is -0.491. The molecular weight excluding hydrogens is 192 g/mol. The third-order valence-corrected chi connectivity index (χ3v) is 2.29. The van der Waals surface area contributed by atoms with Gasteiger partial charge in [0.05, 0.1) is 6.10 Å². The van der Waals surface area contributed by atoms with Gasteiger partial charge >= 0.3 is 0 Å². The summed E-state index contributed by atoms with van der Waals surface area (Å²) in [6, 6.07) is 0. The zero-order valence-electron chi connectivity index (χ0n) is 9.91. The van der Waals surface area contributed by atoms with Crippen LogP contribution in [0.15, 0.2) is 0 Å². The predicted molar refractivity (Wildman–Crippen MR) is 60.6 cm³/mol. The SMILES string of the molecule is CC(C)CC(=O)CC(O)CCCCCO. The Morgan fingerprint density at radius 1 is 1.13 bits per heavy atom. The van der Waals surface area contributed by atoms with Gasteiger partial charge in [0.2, 0.25) is 0 Å². The Morgan fingerprint density at radius 2 is 1.80 bits per heavy atom. The maximum Gasteiger partial charge on any atom is 0.135 e. The van der Waals surface area contributed by atoms with Crippen LogP contribution in [-0.4, -0.2) is 28.7 Å². The van der Waals surface area contributed by atoms with Gasteiger partial charge in [-0.05, 0) is 18.8 Å². The molecule has 0 amide bonds. The van der Waals surface area contributed by atoms with Crippen molar-refractivity contribution in [1.82, 2.24) is 0 Å². The highest BCUT2D eigenvalue weighted by Gasteiger charge is 2.11. The molecule has 0 bridgehead atoms. The molecule has 0 saturated heterocycles. The first-order valence-electron chi connectivity index (χ1n) is 5.87. The number of carbonyl (C=O) groups is 1. The molecule has 0 aliphatic heterocycles. The van der Waals surface area contributed by atoms with Crippen LogP contribution >= 0.6 is 0 Å². The summed E-state index contributed by atoms with van der Waals surface area (Å²) in [6.45, 7) is 4.22. The lowest BCUT2D eigenvalue weighted by Gasteiger charge is -2.10. The van der Waals surface area contributed by atoms with Crippen LogP contribution in [0.1, 0.15) is 52.4 Å². The Balaban J connectivity index is 3.46. The Kier molecular flexibility index (Phi) is 8.62. The quantitative estimate of drug-likeness (QED) is 0.579. The van der Waals surface area contributed by atoms with Crippen molar-refractivity contribution in [3.05, 3.63) is 0 Å². The molecule has 2 N–H and O–H groups in total. The summed E-state index contributed by atoms with van der Waals surface area (Å²) in [5.41, 5.74) is 0. The van der Waals surface area contributed by atoms with E-state index < -0.39 is 6.10 Å². The second kappa shape index (κ2) is 8.86. The zero-order valence-corrected chi connectivity index (χ0v) is 9.91. The molecule has 0 spiro atoms. The van der Waals surface area contributed by atoms with Gasteiger partial charge in [-0.1, -0.05) is 26.7 Å². The molecule has 0 heterocycles. The number of hydrogen-bond donors (Lipinski definition) is 2. The van der Waals surface area contributed by atoms with E-state index in [4.69, 9.17) is 5.11 Å². The Bertz CT molecular complexity index is 166. The van der Waals surface area contributed by atoms with Gasteiger partial charge in [-0.25, -0.2) is 0 Å². The largest absolute Gasteiger partial charge is 0.396 e. The van der Waals surface area contributed by atoms with Gasteiger partial charge in [0.1, 0.15) is 5.78 Å². The summed E-state index contributed by atoms with van der Waals surface area (Å²) in [5, 5.41) is 18.1. The maximum atomic E-state index is 11.4. The molecule has 0 radical (unpaired) electrons. The van der Waals surface area contributed by atoms with Crippen molar-refractivity contribution in [2.45, 2.75) is 58.5 Å². The number of unbranched alkanes of at least 4 members (excludes halogenated alkanes) is 2. The lowest BCUT2D eigenvalue weighted by atomic mass is 10.00. The van der Waals surface area contributed by atoms with Crippen molar-refractivity contribution in [1.29, 1.82) is 0 Å². The Labute approximate surface area is 92.5 Å². The lowest BCUT2D eigenvalue weighted by Crippen LogP contribution is -2.14. The minimum Gasteiger partial charge on any atom is -0.396 e. The molecule has 0 aromatic carbocycles. The third kappa shape index (κ3) is 9.88. The maximum absolute atomic E-state index is 11.4. The van der Waals surface area contributed by atoms with E-state index in [1.165, 1.54) is 0 Å². The second-order valence-corrected chi connectivity index (χ2v) is 4.57. The van der Waals surface area contributed by atoms with E-state index in [1.807, 2.05) is 13.8 Å². The second-order valence-electron chi connectivity index (χ2n) is 4.57. The highest BCUT2D eigenvalue weighted by Crippen LogP contribution is 2.10. The molecule has 90 valence electrons.